The van der Waals surface area contributed by atoms with Gasteiger partial charge >= 0.3 is 0 Å². The maximum absolute atomic E-state index is 10.5. The van der Waals surface area contributed by atoms with E-state index in [1.807, 2.05) is 6.07 Å². The van der Waals surface area contributed by atoms with Gasteiger partial charge in [0, 0.05) is 25.6 Å². The average molecular weight is 362 g/mol. The highest BCUT2D eigenvalue weighted by molar-refractivity contribution is 9.10. The Morgan fingerprint density at radius 3 is 2.53 bits per heavy atom. The van der Waals surface area contributed by atoms with E-state index in [4.69, 9.17) is 27.9 Å². The number of hydrogen-bond acceptors (Lipinski definition) is 2. The molecular formula is C14H11BrCl2O2. The highest BCUT2D eigenvalue weighted by Crippen LogP contribution is 2.36. The molecule has 2 rings (SSSR count). The Hall–Kier alpha value is -0.740. The van der Waals surface area contributed by atoms with Gasteiger partial charge in [0.15, 0.2) is 0 Å². The maximum atomic E-state index is 10.5. The summed E-state index contributed by atoms with van der Waals surface area (Å²) in [7, 11) is 1.54. The minimum Gasteiger partial charge on any atom is -0.496 e. The fourth-order valence-corrected chi connectivity index (χ4v) is 2.59. The number of aliphatic hydroxyl groups is 1. The molecule has 2 nitrogen and oxygen atoms in total. The third-order valence-electron chi connectivity index (χ3n) is 2.74. The number of halogens is 3. The van der Waals surface area contributed by atoms with Gasteiger partial charge in [0.25, 0.3) is 0 Å². The molecule has 0 amide bonds. The number of benzene rings is 2. The van der Waals surface area contributed by atoms with Gasteiger partial charge < -0.3 is 9.84 Å². The van der Waals surface area contributed by atoms with E-state index < -0.39 is 6.10 Å². The molecule has 1 atom stereocenters. The Balaban J connectivity index is 2.51. The zero-order valence-electron chi connectivity index (χ0n) is 10.0. The third-order valence-corrected chi connectivity index (χ3v) is 3.81. The predicted molar refractivity (Wildman–Crippen MR) is 81.2 cm³/mol. The van der Waals surface area contributed by atoms with Crippen LogP contribution in [0.4, 0.5) is 0 Å². The van der Waals surface area contributed by atoms with Crippen LogP contribution >= 0.6 is 39.1 Å². The van der Waals surface area contributed by atoms with Crippen molar-refractivity contribution < 1.29 is 9.84 Å². The summed E-state index contributed by atoms with van der Waals surface area (Å²) in [4.78, 5) is 0. The second-order valence-corrected chi connectivity index (χ2v) is 5.71. The van der Waals surface area contributed by atoms with E-state index in [0.717, 1.165) is 4.47 Å². The van der Waals surface area contributed by atoms with Crippen molar-refractivity contribution in [2.75, 3.05) is 7.11 Å². The van der Waals surface area contributed by atoms with Gasteiger partial charge in [-0.05, 0) is 36.4 Å². The molecule has 2 aromatic carbocycles. The minimum atomic E-state index is -0.904. The second-order valence-electron chi connectivity index (χ2n) is 3.95. The first-order valence-corrected chi connectivity index (χ1v) is 7.04. The van der Waals surface area contributed by atoms with Crippen molar-refractivity contribution in [3.8, 4) is 5.75 Å². The van der Waals surface area contributed by atoms with Crippen LogP contribution in [0.3, 0.4) is 0 Å². The summed E-state index contributed by atoms with van der Waals surface area (Å²) in [5, 5.41) is 11.5. The number of hydrogen-bond donors (Lipinski definition) is 1. The van der Waals surface area contributed by atoms with Crippen molar-refractivity contribution in [3.63, 3.8) is 0 Å². The van der Waals surface area contributed by atoms with E-state index >= 15 is 0 Å². The van der Waals surface area contributed by atoms with Crippen LogP contribution in [0.2, 0.25) is 10.0 Å². The average Bonchev–Trinajstić information content (AvgIpc) is 2.40. The topological polar surface area (TPSA) is 29.5 Å². The molecule has 0 saturated heterocycles. The van der Waals surface area contributed by atoms with E-state index in [0.29, 0.717) is 26.9 Å². The summed E-state index contributed by atoms with van der Waals surface area (Å²) in [5.74, 6) is 0.563. The van der Waals surface area contributed by atoms with Gasteiger partial charge in [0.2, 0.25) is 0 Å². The lowest BCUT2D eigenvalue weighted by atomic mass is 10.0. The SMILES string of the molecule is COc1ccc(Cl)cc1C(O)c1cc(Br)ccc1Cl. The first kappa shape index (κ1) is 14.7. The van der Waals surface area contributed by atoms with Gasteiger partial charge in [-0.2, -0.15) is 0 Å². The number of ether oxygens (including phenoxy) is 1. The summed E-state index contributed by atoms with van der Waals surface area (Å²) in [6.07, 6.45) is -0.904. The lowest BCUT2D eigenvalue weighted by molar-refractivity contribution is 0.215. The summed E-state index contributed by atoms with van der Waals surface area (Å²) in [6, 6.07) is 10.4. The molecule has 0 radical (unpaired) electrons. The third kappa shape index (κ3) is 3.23. The number of methoxy groups -OCH3 is 1. The largest absolute Gasteiger partial charge is 0.496 e. The Morgan fingerprint density at radius 1 is 1.11 bits per heavy atom. The van der Waals surface area contributed by atoms with E-state index in [9.17, 15) is 5.11 Å². The van der Waals surface area contributed by atoms with E-state index in [1.54, 1.807) is 37.4 Å². The molecule has 0 spiro atoms. The molecule has 0 aliphatic heterocycles. The summed E-state index contributed by atoms with van der Waals surface area (Å²) in [5.41, 5.74) is 1.17. The molecule has 2 aromatic rings. The Labute approximate surface area is 130 Å². The van der Waals surface area contributed by atoms with Crippen LogP contribution in [0.25, 0.3) is 0 Å². The van der Waals surface area contributed by atoms with Crippen molar-refractivity contribution >= 4 is 39.1 Å². The first-order valence-electron chi connectivity index (χ1n) is 5.49. The quantitative estimate of drug-likeness (QED) is 0.846. The van der Waals surface area contributed by atoms with Crippen LogP contribution in [0.15, 0.2) is 40.9 Å². The van der Waals surface area contributed by atoms with Crippen molar-refractivity contribution in [2.24, 2.45) is 0 Å². The van der Waals surface area contributed by atoms with Crippen LogP contribution in [0, 0.1) is 0 Å². The summed E-state index contributed by atoms with van der Waals surface area (Å²) >= 11 is 15.4. The van der Waals surface area contributed by atoms with Crippen LogP contribution in [-0.4, -0.2) is 12.2 Å². The number of aliphatic hydroxyl groups excluding tert-OH is 1. The van der Waals surface area contributed by atoms with Crippen molar-refractivity contribution in [1.29, 1.82) is 0 Å². The van der Waals surface area contributed by atoms with Crippen LogP contribution in [0.1, 0.15) is 17.2 Å². The van der Waals surface area contributed by atoms with Gasteiger partial charge in [-0.15, -0.1) is 0 Å². The highest BCUT2D eigenvalue weighted by atomic mass is 79.9. The molecule has 0 fully saturated rings. The standard InChI is InChI=1S/C14H11BrCl2O2/c1-19-13-5-3-9(16)7-11(13)14(18)10-6-8(15)2-4-12(10)17/h2-7,14,18H,1H3. The van der Waals surface area contributed by atoms with Gasteiger partial charge in [0.1, 0.15) is 11.9 Å². The van der Waals surface area contributed by atoms with Crippen LogP contribution in [0.5, 0.6) is 5.75 Å². The molecule has 0 bridgehead atoms. The van der Waals surface area contributed by atoms with Gasteiger partial charge in [-0.1, -0.05) is 39.1 Å². The zero-order valence-corrected chi connectivity index (χ0v) is 13.1. The Kier molecular flexibility index (Phi) is 4.74. The van der Waals surface area contributed by atoms with Gasteiger partial charge in [-0.3, -0.25) is 0 Å². The van der Waals surface area contributed by atoms with Gasteiger partial charge in [0.05, 0.1) is 7.11 Å². The van der Waals surface area contributed by atoms with Crippen molar-refractivity contribution in [2.45, 2.75) is 6.10 Å². The molecule has 1 unspecified atom stereocenters. The van der Waals surface area contributed by atoms with E-state index in [-0.39, 0.29) is 0 Å². The first-order chi connectivity index (χ1) is 9.02. The molecular weight excluding hydrogens is 351 g/mol. The molecule has 0 aliphatic carbocycles. The maximum Gasteiger partial charge on any atom is 0.125 e. The Morgan fingerprint density at radius 2 is 1.84 bits per heavy atom. The van der Waals surface area contributed by atoms with Crippen LogP contribution in [-0.2, 0) is 0 Å². The van der Waals surface area contributed by atoms with Crippen molar-refractivity contribution in [1.82, 2.24) is 0 Å². The monoisotopic (exact) mass is 360 g/mol. The molecule has 5 heteroatoms. The van der Waals surface area contributed by atoms with Gasteiger partial charge in [-0.25, -0.2) is 0 Å². The normalized spacial score (nSPS) is 12.3. The lowest BCUT2D eigenvalue weighted by Crippen LogP contribution is -2.03. The summed E-state index contributed by atoms with van der Waals surface area (Å²) in [6.45, 7) is 0. The molecule has 0 heterocycles. The molecule has 1 N–H and O–H groups in total. The minimum absolute atomic E-state index is 0.484. The molecule has 0 saturated carbocycles. The molecule has 0 aromatic heterocycles. The predicted octanol–water partition coefficient (Wildman–Crippen LogP) is 4.85. The van der Waals surface area contributed by atoms with E-state index in [1.165, 1.54) is 0 Å². The number of rotatable bonds is 3. The fourth-order valence-electron chi connectivity index (χ4n) is 1.81. The smallest absolute Gasteiger partial charge is 0.125 e. The Bertz CT molecular complexity index is 602. The molecule has 100 valence electrons. The lowest BCUT2D eigenvalue weighted by Gasteiger charge is -2.17. The fraction of sp³-hybridized carbons (Fsp3) is 0.143. The van der Waals surface area contributed by atoms with Crippen LogP contribution < -0.4 is 4.74 Å². The summed E-state index contributed by atoms with van der Waals surface area (Å²) < 4.78 is 6.08. The zero-order chi connectivity index (χ0) is 14.0. The van der Waals surface area contributed by atoms with E-state index in [2.05, 4.69) is 15.9 Å². The second kappa shape index (κ2) is 6.14. The molecule has 19 heavy (non-hydrogen) atoms. The van der Waals surface area contributed by atoms with Crippen molar-refractivity contribution in [3.05, 3.63) is 62.0 Å². The highest BCUT2D eigenvalue weighted by Gasteiger charge is 2.18. The molecule has 0 aliphatic rings.